The molecule has 8 nitrogen and oxygen atoms in total. The van der Waals surface area contributed by atoms with E-state index in [4.69, 9.17) is 9.47 Å². The molecule has 2 aromatic rings. The summed E-state index contributed by atoms with van der Waals surface area (Å²) < 4.78 is 13.4. The Balaban J connectivity index is 1.51. The lowest BCUT2D eigenvalue weighted by Crippen LogP contribution is -2.48. The number of piperidine rings is 1. The van der Waals surface area contributed by atoms with Gasteiger partial charge in [0.05, 0.1) is 28.6 Å². The summed E-state index contributed by atoms with van der Waals surface area (Å²) in [4.78, 5) is 31.5. The third-order valence-corrected chi connectivity index (χ3v) is 6.30. The molecule has 9 heteroatoms. The monoisotopic (exact) mass is 378 g/mol. The number of ether oxygens (including phenoxy) is 2. The summed E-state index contributed by atoms with van der Waals surface area (Å²) in [6.45, 7) is 6.13. The van der Waals surface area contributed by atoms with Gasteiger partial charge < -0.3 is 14.4 Å². The molecule has 0 atom stereocenters. The SMILES string of the molecule is CCc1nc2c(=O)n(CC(=O)N3CCC4(CC3)OCCO4)nc(C)c2s1. The highest BCUT2D eigenvalue weighted by molar-refractivity contribution is 7.18. The van der Waals surface area contributed by atoms with Crippen molar-refractivity contribution in [1.82, 2.24) is 19.7 Å². The number of rotatable bonds is 3. The number of hydrogen-bond donors (Lipinski definition) is 0. The Morgan fingerprint density at radius 2 is 1.96 bits per heavy atom. The maximum Gasteiger partial charge on any atom is 0.294 e. The van der Waals surface area contributed by atoms with Crippen LogP contribution in [0.3, 0.4) is 0 Å². The van der Waals surface area contributed by atoms with Crippen LogP contribution in [0.5, 0.6) is 0 Å². The zero-order chi connectivity index (χ0) is 18.3. The zero-order valence-corrected chi connectivity index (χ0v) is 15.8. The number of likely N-dealkylation sites (tertiary alicyclic amines) is 1. The van der Waals surface area contributed by atoms with Crippen molar-refractivity contribution in [3.05, 3.63) is 21.1 Å². The second kappa shape index (κ2) is 6.71. The van der Waals surface area contributed by atoms with Crippen LogP contribution in [0.2, 0.25) is 0 Å². The predicted octanol–water partition coefficient (Wildman–Crippen LogP) is 1.09. The Labute approximate surface area is 154 Å². The number of carbonyl (C=O) groups is 1. The lowest BCUT2D eigenvalue weighted by molar-refractivity contribution is -0.187. The van der Waals surface area contributed by atoms with Crippen molar-refractivity contribution >= 4 is 27.5 Å². The summed E-state index contributed by atoms with van der Waals surface area (Å²) in [6.07, 6.45) is 2.09. The average molecular weight is 378 g/mol. The molecule has 0 radical (unpaired) electrons. The number of hydrogen-bond acceptors (Lipinski definition) is 7. The first-order valence-corrected chi connectivity index (χ1v) is 9.76. The van der Waals surface area contributed by atoms with Crippen molar-refractivity contribution in [2.45, 2.75) is 45.4 Å². The van der Waals surface area contributed by atoms with Crippen molar-refractivity contribution in [1.29, 1.82) is 0 Å². The minimum absolute atomic E-state index is 0.0662. The fourth-order valence-corrected chi connectivity index (χ4v) is 4.45. The van der Waals surface area contributed by atoms with Gasteiger partial charge in [-0.1, -0.05) is 6.92 Å². The van der Waals surface area contributed by atoms with Gasteiger partial charge in [-0.15, -0.1) is 11.3 Å². The van der Waals surface area contributed by atoms with Gasteiger partial charge in [0, 0.05) is 25.9 Å². The van der Waals surface area contributed by atoms with E-state index in [0.717, 1.165) is 21.8 Å². The van der Waals surface area contributed by atoms with E-state index >= 15 is 0 Å². The van der Waals surface area contributed by atoms with Gasteiger partial charge in [-0.25, -0.2) is 9.67 Å². The molecule has 2 fully saturated rings. The number of aromatic nitrogens is 3. The molecule has 0 N–H and O–H groups in total. The Bertz CT molecular complexity index is 890. The number of aryl methyl sites for hydroxylation is 2. The molecule has 4 heterocycles. The minimum Gasteiger partial charge on any atom is -0.347 e. The zero-order valence-electron chi connectivity index (χ0n) is 15.0. The van der Waals surface area contributed by atoms with Crippen LogP contribution in [0.25, 0.3) is 10.2 Å². The van der Waals surface area contributed by atoms with E-state index in [9.17, 15) is 9.59 Å². The van der Waals surface area contributed by atoms with Gasteiger partial charge in [0.15, 0.2) is 11.3 Å². The fourth-order valence-electron chi connectivity index (χ4n) is 3.52. The molecule has 1 spiro atoms. The van der Waals surface area contributed by atoms with E-state index < -0.39 is 5.79 Å². The minimum atomic E-state index is -0.515. The van der Waals surface area contributed by atoms with Gasteiger partial charge in [-0.3, -0.25) is 9.59 Å². The highest BCUT2D eigenvalue weighted by Crippen LogP contribution is 2.31. The number of carbonyl (C=O) groups excluding carboxylic acids is 1. The molecular formula is C17H22N4O4S. The van der Waals surface area contributed by atoms with Crippen LogP contribution in [0.4, 0.5) is 0 Å². The summed E-state index contributed by atoms with van der Waals surface area (Å²) >= 11 is 1.49. The Morgan fingerprint density at radius 3 is 2.62 bits per heavy atom. The molecule has 2 aliphatic heterocycles. The first-order valence-electron chi connectivity index (χ1n) is 8.94. The average Bonchev–Trinajstić information content (AvgIpc) is 3.27. The lowest BCUT2D eigenvalue weighted by atomic mass is 10.0. The molecule has 2 saturated heterocycles. The van der Waals surface area contributed by atoms with Gasteiger partial charge >= 0.3 is 0 Å². The first-order chi connectivity index (χ1) is 12.5. The Kier molecular flexibility index (Phi) is 4.54. The maximum atomic E-state index is 12.7. The van der Waals surface area contributed by atoms with Crippen molar-refractivity contribution in [2.24, 2.45) is 0 Å². The Morgan fingerprint density at radius 1 is 1.27 bits per heavy atom. The highest BCUT2D eigenvalue weighted by atomic mass is 32.1. The molecule has 0 unspecified atom stereocenters. The van der Waals surface area contributed by atoms with Crippen LogP contribution in [0.1, 0.15) is 30.5 Å². The van der Waals surface area contributed by atoms with E-state index in [1.54, 1.807) is 4.90 Å². The molecule has 0 aliphatic carbocycles. The number of amides is 1. The normalized spacial score (nSPS) is 19.5. The topological polar surface area (TPSA) is 86.6 Å². The van der Waals surface area contributed by atoms with Crippen LogP contribution >= 0.6 is 11.3 Å². The highest BCUT2D eigenvalue weighted by Gasteiger charge is 2.40. The number of thiazole rings is 1. The summed E-state index contributed by atoms with van der Waals surface area (Å²) in [5.74, 6) is -0.629. The third kappa shape index (κ3) is 3.04. The molecule has 0 aromatic carbocycles. The van der Waals surface area contributed by atoms with Gasteiger partial charge in [-0.05, 0) is 13.3 Å². The summed E-state index contributed by atoms with van der Waals surface area (Å²) in [6, 6.07) is 0. The number of fused-ring (bicyclic) bond motifs is 1. The standard InChI is InChI=1S/C17H22N4O4S/c1-3-12-18-14-15(26-12)11(2)19-21(16(14)23)10-13(22)20-6-4-17(5-7-20)24-8-9-25-17/h3-10H2,1-2H3. The van der Waals surface area contributed by atoms with E-state index in [-0.39, 0.29) is 18.0 Å². The predicted molar refractivity (Wildman–Crippen MR) is 96.2 cm³/mol. The molecule has 140 valence electrons. The van der Waals surface area contributed by atoms with E-state index in [1.807, 2.05) is 13.8 Å². The molecular weight excluding hydrogens is 356 g/mol. The largest absolute Gasteiger partial charge is 0.347 e. The second-order valence-electron chi connectivity index (χ2n) is 6.68. The molecule has 26 heavy (non-hydrogen) atoms. The quantitative estimate of drug-likeness (QED) is 0.795. The molecule has 2 aliphatic rings. The molecule has 4 rings (SSSR count). The third-order valence-electron chi connectivity index (χ3n) is 4.99. The van der Waals surface area contributed by atoms with Crippen molar-refractivity contribution in [2.75, 3.05) is 26.3 Å². The van der Waals surface area contributed by atoms with Crippen LogP contribution in [-0.2, 0) is 27.2 Å². The van der Waals surface area contributed by atoms with Crippen LogP contribution < -0.4 is 5.56 Å². The lowest BCUT2D eigenvalue weighted by Gasteiger charge is -2.37. The molecule has 0 bridgehead atoms. The van der Waals surface area contributed by atoms with Crippen LogP contribution in [0, 0.1) is 6.92 Å². The van der Waals surface area contributed by atoms with Crippen molar-refractivity contribution in [3.63, 3.8) is 0 Å². The van der Waals surface area contributed by atoms with Gasteiger partial charge in [0.1, 0.15) is 6.54 Å². The maximum absolute atomic E-state index is 12.7. The van der Waals surface area contributed by atoms with E-state index in [0.29, 0.717) is 44.7 Å². The second-order valence-corrected chi connectivity index (χ2v) is 7.76. The van der Waals surface area contributed by atoms with Crippen LogP contribution in [-0.4, -0.2) is 57.7 Å². The first kappa shape index (κ1) is 17.6. The van der Waals surface area contributed by atoms with E-state index in [2.05, 4.69) is 10.1 Å². The fraction of sp³-hybridized carbons (Fsp3) is 0.647. The summed E-state index contributed by atoms with van der Waals surface area (Å²) in [7, 11) is 0. The Hall–Kier alpha value is -1.84. The van der Waals surface area contributed by atoms with E-state index in [1.165, 1.54) is 16.0 Å². The smallest absolute Gasteiger partial charge is 0.294 e. The molecule has 2 aromatic heterocycles. The van der Waals surface area contributed by atoms with Crippen LogP contribution in [0.15, 0.2) is 4.79 Å². The molecule has 1 amide bonds. The van der Waals surface area contributed by atoms with Gasteiger partial charge in [0.2, 0.25) is 5.91 Å². The van der Waals surface area contributed by atoms with Gasteiger partial charge in [-0.2, -0.15) is 5.10 Å². The summed E-state index contributed by atoms with van der Waals surface area (Å²) in [5, 5.41) is 5.24. The van der Waals surface area contributed by atoms with Crippen molar-refractivity contribution < 1.29 is 14.3 Å². The van der Waals surface area contributed by atoms with Gasteiger partial charge in [0.25, 0.3) is 5.56 Å². The number of nitrogens with zero attached hydrogens (tertiary/aromatic N) is 4. The summed E-state index contributed by atoms with van der Waals surface area (Å²) in [5.41, 5.74) is 0.846. The molecule has 0 saturated carbocycles. The van der Waals surface area contributed by atoms with Crippen molar-refractivity contribution in [3.8, 4) is 0 Å².